The summed E-state index contributed by atoms with van der Waals surface area (Å²) in [7, 11) is 0. The number of aryl methyl sites for hydroxylation is 1. The number of piperazine rings is 1. The normalized spacial score (nSPS) is 14.2. The van der Waals surface area contributed by atoms with Crippen molar-refractivity contribution in [3.8, 4) is 5.75 Å². The molecule has 0 aromatic heterocycles. The van der Waals surface area contributed by atoms with Gasteiger partial charge in [-0.2, -0.15) is 0 Å². The van der Waals surface area contributed by atoms with Gasteiger partial charge in [0.25, 0.3) is 11.8 Å². The van der Waals surface area contributed by atoms with Gasteiger partial charge in [-0.25, -0.2) is 4.39 Å². The Balaban J connectivity index is 1.50. The van der Waals surface area contributed by atoms with E-state index in [2.05, 4.69) is 0 Å². The monoisotopic (exact) mass is 356 g/mol. The van der Waals surface area contributed by atoms with E-state index in [0.717, 1.165) is 5.56 Å². The summed E-state index contributed by atoms with van der Waals surface area (Å²) in [4.78, 5) is 28.0. The molecule has 0 aliphatic carbocycles. The summed E-state index contributed by atoms with van der Waals surface area (Å²) in [5, 5.41) is 0. The van der Waals surface area contributed by atoms with Crippen molar-refractivity contribution in [2.24, 2.45) is 0 Å². The fourth-order valence-electron chi connectivity index (χ4n) is 2.90. The Morgan fingerprint density at radius 1 is 1.00 bits per heavy atom. The number of benzene rings is 2. The van der Waals surface area contributed by atoms with Crippen molar-refractivity contribution in [2.75, 3.05) is 32.8 Å². The van der Waals surface area contributed by atoms with Gasteiger partial charge in [-0.15, -0.1) is 0 Å². The van der Waals surface area contributed by atoms with Crippen LogP contribution in [-0.2, 0) is 4.79 Å². The molecular weight excluding hydrogens is 335 g/mol. The lowest BCUT2D eigenvalue weighted by Gasteiger charge is -2.34. The molecule has 0 saturated carbocycles. The summed E-state index contributed by atoms with van der Waals surface area (Å²) >= 11 is 0. The van der Waals surface area contributed by atoms with Gasteiger partial charge in [0.1, 0.15) is 11.6 Å². The molecule has 0 radical (unpaired) electrons. The number of halogens is 1. The molecule has 1 heterocycles. The molecule has 1 aliphatic heterocycles. The molecule has 0 N–H and O–H groups in total. The number of hydrogen-bond acceptors (Lipinski definition) is 3. The van der Waals surface area contributed by atoms with Crippen LogP contribution in [-0.4, -0.2) is 54.4 Å². The van der Waals surface area contributed by atoms with E-state index in [1.165, 1.54) is 18.2 Å². The second kappa shape index (κ2) is 7.99. The van der Waals surface area contributed by atoms with Crippen LogP contribution in [0.2, 0.25) is 0 Å². The second-order valence-electron chi connectivity index (χ2n) is 6.29. The Kier molecular flexibility index (Phi) is 5.51. The molecule has 0 spiro atoms. The topological polar surface area (TPSA) is 49.9 Å². The molecule has 0 atom stereocenters. The van der Waals surface area contributed by atoms with Crippen LogP contribution in [0.25, 0.3) is 0 Å². The molecule has 5 nitrogen and oxygen atoms in total. The molecule has 2 aromatic carbocycles. The third-order valence-electron chi connectivity index (χ3n) is 4.34. The molecule has 6 heteroatoms. The third kappa shape index (κ3) is 4.39. The average molecular weight is 356 g/mol. The van der Waals surface area contributed by atoms with Crippen LogP contribution < -0.4 is 4.74 Å². The lowest BCUT2D eigenvalue weighted by atomic mass is 10.1. The maximum absolute atomic E-state index is 13.3. The highest BCUT2D eigenvalue weighted by Crippen LogP contribution is 2.13. The quantitative estimate of drug-likeness (QED) is 0.846. The van der Waals surface area contributed by atoms with E-state index < -0.39 is 5.82 Å². The molecule has 136 valence electrons. The minimum absolute atomic E-state index is 0.0265. The average Bonchev–Trinajstić information content (AvgIpc) is 2.66. The first-order chi connectivity index (χ1) is 12.5. The van der Waals surface area contributed by atoms with E-state index >= 15 is 0 Å². The summed E-state index contributed by atoms with van der Waals surface area (Å²) in [5.74, 6) is -0.0896. The lowest BCUT2D eigenvalue weighted by molar-refractivity contribution is -0.134. The first-order valence-electron chi connectivity index (χ1n) is 8.55. The summed E-state index contributed by atoms with van der Waals surface area (Å²) < 4.78 is 18.8. The van der Waals surface area contributed by atoms with Gasteiger partial charge in [-0.1, -0.05) is 18.2 Å². The van der Waals surface area contributed by atoms with E-state index in [0.29, 0.717) is 37.5 Å². The van der Waals surface area contributed by atoms with Crippen LogP contribution in [0.4, 0.5) is 4.39 Å². The predicted octanol–water partition coefficient (Wildman–Crippen LogP) is 2.50. The molecular formula is C20H21FN2O3. The first kappa shape index (κ1) is 17.9. The number of hydrogen-bond donors (Lipinski definition) is 0. The number of amides is 2. The summed E-state index contributed by atoms with van der Waals surface area (Å²) in [6.45, 7) is 3.66. The number of nitrogens with zero attached hydrogens (tertiary/aromatic N) is 2. The van der Waals surface area contributed by atoms with E-state index in [9.17, 15) is 14.0 Å². The number of ether oxygens (including phenoxy) is 1. The molecule has 3 rings (SSSR count). The van der Waals surface area contributed by atoms with Gasteiger partial charge in [0.05, 0.1) is 0 Å². The maximum atomic E-state index is 13.3. The molecule has 2 aromatic rings. The van der Waals surface area contributed by atoms with Crippen molar-refractivity contribution in [2.45, 2.75) is 6.92 Å². The molecule has 1 fully saturated rings. The number of rotatable bonds is 4. The minimum Gasteiger partial charge on any atom is -0.484 e. The van der Waals surface area contributed by atoms with Crippen molar-refractivity contribution in [1.82, 2.24) is 9.80 Å². The van der Waals surface area contributed by atoms with E-state index in [-0.39, 0.29) is 18.4 Å². The van der Waals surface area contributed by atoms with Gasteiger partial charge in [0.15, 0.2) is 6.61 Å². The number of carbonyl (C=O) groups excluding carboxylic acids is 2. The van der Waals surface area contributed by atoms with Crippen LogP contribution in [0.5, 0.6) is 5.75 Å². The van der Waals surface area contributed by atoms with E-state index in [1.807, 2.05) is 31.2 Å². The highest BCUT2D eigenvalue weighted by Gasteiger charge is 2.25. The van der Waals surface area contributed by atoms with Gasteiger partial charge in [0.2, 0.25) is 0 Å². The largest absolute Gasteiger partial charge is 0.484 e. The Morgan fingerprint density at radius 3 is 2.38 bits per heavy atom. The molecule has 1 aliphatic rings. The van der Waals surface area contributed by atoms with Gasteiger partial charge in [-0.3, -0.25) is 9.59 Å². The zero-order valence-electron chi connectivity index (χ0n) is 14.7. The van der Waals surface area contributed by atoms with Gasteiger partial charge in [0, 0.05) is 31.7 Å². The van der Waals surface area contributed by atoms with Crippen LogP contribution in [0.15, 0.2) is 48.5 Å². The van der Waals surface area contributed by atoms with Gasteiger partial charge in [-0.05, 0) is 42.8 Å². The van der Waals surface area contributed by atoms with Crippen molar-refractivity contribution in [1.29, 1.82) is 0 Å². The summed E-state index contributed by atoms with van der Waals surface area (Å²) in [6, 6.07) is 13.2. The van der Waals surface area contributed by atoms with E-state index in [4.69, 9.17) is 4.74 Å². The first-order valence-corrected chi connectivity index (χ1v) is 8.55. The highest BCUT2D eigenvalue weighted by molar-refractivity contribution is 5.94. The van der Waals surface area contributed by atoms with Gasteiger partial charge < -0.3 is 14.5 Å². The maximum Gasteiger partial charge on any atom is 0.260 e. The molecule has 26 heavy (non-hydrogen) atoms. The zero-order valence-corrected chi connectivity index (χ0v) is 14.7. The molecule has 1 saturated heterocycles. The standard InChI is InChI=1S/C20H21FN2O3/c1-15-4-2-7-18(12-15)26-14-19(24)22-8-10-23(11-9-22)20(25)16-5-3-6-17(21)13-16/h2-7,12-13H,8-11,14H2,1H3. The van der Waals surface area contributed by atoms with Crippen molar-refractivity contribution in [3.05, 3.63) is 65.5 Å². The SMILES string of the molecule is Cc1cccc(OCC(=O)N2CCN(C(=O)c3cccc(F)c3)CC2)c1. The summed E-state index contributed by atoms with van der Waals surface area (Å²) in [6.07, 6.45) is 0. The molecule has 0 unspecified atom stereocenters. The van der Waals surface area contributed by atoms with Crippen LogP contribution in [0.1, 0.15) is 15.9 Å². The second-order valence-corrected chi connectivity index (χ2v) is 6.29. The molecule has 0 bridgehead atoms. The Bertz CT molecular complexity index is 801. The summed E-state index contributed by atoms with van der Waals surface area (Å²) in [5.41, 5.74) is 1.40. The van der Waals surface area contributed by atoms with Crippen molar-refractivity contribution < 1.29 is 18.7 Å². The van der Waals surface area contributed by atoms with Crippen LogP contribution in [0, 0.1) is 12.7 Å². The smallest absolute Gasteiger partial charge is 0.260 e. The number of carbonyl (C=O) groups is 2. The Labute approximate surface area is 152 Å². The zero-order chi connectivity index (χ0) is 18.5. The molecule has 2 amide bonds. The van der Waals surface area contributed by atoms with E-state index in [1.54, 1.807) is 15.9 Å². The fourth-order valence-corrected chi connectivity index (χ4v) is 2.90. The fraction of sp³-hybridized carbons (Fsp3) is 0.300. The lowest BCUT2D eigenvalue weighted by Crippen LogP contribution is -2.51. The third-order valence-corrected chi connectivity index (χ3v) is 4.34. The predicted molar refractivity (Wildman–Crippen MR) is 95.6 cm³/mol. The van der Waals surface area contributed by atoms with Crippen LogP contribution >= 0.6 is 0 Å². The Morgan fingerprint density at radius 2 is 1.69 bits per heavy atom. The van der Waals surface area contributed by atoms with Crippen molar-refractivity contribution in [3.63, 3.8) is 0 Å². The van der Waals surface area contributed by atoms with Gasteiger partial charge >= 0.3 is 0 Å². The minimum atomic E-state index is -0.432. The van der Waals surface area contributed by atoms with Crippen LogP contribution in [0.3, 0.4) is 0 Å². The Hall–Kier alpha value is -2.89. The van der Waals surface area contributed by atoms with Crippen molar-refractivity contribution >= 4 is 11.8 Å². The highest BCUT2D eigenvalue weighted by atomic mass is 19.1.